The molecule has 1 heterocycles. The van der Waals surface area contributed by atoms with E-state index in [0.29, 0.717) is 0 Å². The molecule has 1 rings (SSSR count). The summed E-state index contributed by atoms with van der Waals surface area (Å²) in [5.74, 6) is 1.91. The molecule has 0 bridgehead atoms. The highest BCUT2D eigenvalue weighted by Crippen LogP contribution is 2.24. The van der Waals surface area contributed by atoms with Gasteiger partial charge >= 0.3 is 0 Å². The van der Waals surface area contributed by atoms with Gasteiger partial charge in [-0.15, -0.1) is 11.8 Å². The summed E-state index contributed by atoms with van der Waals surface area (Å²) in [4.78, 5) is 1.11. The van der Waals surface area contributed by atoms with Crippen molar-refractivity contribution in [2.24, 2.45) is 0 Å². The number of aryl methyl sites for hydroxylation is 1. The first-order valence-corrected chi connectivity index (χ1v) is 5.22. The molecule has 12 heavy (non-hydrogen) atoms. The van der Waals surface area contributed by atoms with E-state index < -0.39 is 0 Å². The van der Waals surface area contributed by atoms with Crippen LogP contribution in [-0.2, 0) is 6.54 Å². The lowest BCUT2D eigenvalue weighted by molar-refractivity contribution is 0.669. The first-order chi connectivity index (χ1) is 5.79. The van der Waals surface area contributed by atoms with Crippen molar-refractivity contribution in [1.29, 1.82) is 0 Å². The summed E-state index contributed by atoms with van der Waals surface area (Å²) >= 11 is 1.77. The minimum Gasteiger partial charge on any atom is -0.383 e. The second-order valence-electron chi connectivity index (χ2n) is 2.56. The van der Waals surface area contributed by atoms with Crippen molar-refractivity contribution < 1.29 is 0 Å². The first kappa shape index (κ1) is 9.45. The second-order valence-corrected chi connectivity index (χ2v) is 3.70. The van der Waals surface area contributed by atoms with Crippen molar-refractivity contribution in [3.05, 3.63) is 6.20 Å². The molecule has 0 atom stereocenters. The fourth-order valence-electron chi connectivity index (χ4n) is 0.953. The van der Waals surface area contributed by atoms with Crippen LogP contribution in [0.15, 0.2) is 11.1 Å². The molecule has 0 aliphatic heterocycles. The zero-order valence-electron chi connectivity index (χ0n) is 7.58. The number of nitrogens with zero attached hydrogens (tertiary/aromatic N) is 2. The van der Waals surface area contributed by atoms with E-state index in [2.05, 4.69) is 12.0 Å². The Morgan fingerprint density at radius 1 is 1.58 bits per heavy atom. The summed E-state index contributed by atoms with van der Waals surface area (Å²) in [6.07, 6.45) is 3.01. The van der Waals surface area contributed by atoms with Gasteiger partial charge in [0, 0.05) is 6.54 Å². The number of anilines is 1. The zero-order valence-corrected chi connectivity index (χ0v) is 8.40. The standard InChI is InChI=1S/C8H15N3S/c1-3-5-12-7-6-10-11(4-2)8(7)9/h6H,3-5,9H2,1-2H3. The van der Waals surface area contributed by atoms with Crippen LogP contribution in [0.25, 0.3) is 0 Å². The van der Waals surface area contributed by atoms with E-state index in [-0.39, 0.29) is 0 Å². The van der Waals surface area contributed by atoms with Gasteiger partial charge in [-0.2, -0.15) is 5.10 Å². The van der Waals surface area contributed by atoms with Crippen molar-refractivity contribution in [2.75, 3.05) is 11.5 Å². The van der Waals surface area contributed by atoms with Gasteiger partial charge in [0.2, 0.25) is 0 Å². The highest BCUT2D eigenvalue weighted by atomic mass is 32.2. The predicted octanol–water partition coefficient (Wildman–Crippen LogP) is 1.99. The summed E-state index contributed by atoms with van der Waals surface area (Å²) in [5, 5.41) is 4.16. The minimum atomic E-state index is 0.802. The van der Waals surface area contributed by atoms with E-state index in [0.717, 1.165) is 23.0 Å². The number of nitrogens with two attached hydrogens (primary N) is 1. The Balaban J connectivity index is 2.66. The largest absolute Gasteiger partial charge is 0.383 e. The number of nitrogen functional groups attached to an aromatic ring is 1. The van der Waals surface area contributed by atoms with Crippen molar-refractivity contribution in [1.82, 2.24) is 9.78 Å². The lowest BCUT2D eigenvalue weighted by Crippen LogP contribution is -2.01. The van der Waals surface area contributed by atoms with Crippen molar-refractivity contribution in [2.45, 2.75) is 31.7 Å². The Bertz CT molecular complexity index is 244. The van der Waals surface area contributed by atoms with E-state index in [1.165, 1.54) is 6.42 Å². The molecule has 0 aliphatic carbocycles. The highest BCUT2D eigenvalue weighted by molar-refractivity contribution is 7.99. The highest BCUT2D eigenvalue weighted by Gasteiger charge is 2.04. The summed E-state index contributed by atoms with van der Waals surface area (Å²) in [6.45, 7) is 5.05. The predicted molar refractivity (Wildman–Crippen MR) is 53.3 cm³/mol. The van der Waals surface area contributed by atoms with E-state index in [9.17, 15) is 0 Å². The van der Waals surface area contributed by atoms with Gasteiger partial charge in [0.15, 0.2) is 0 Å². The van der Waals surface area contributed by atoms with Crippen molar-refractivity contribution in [3.63, 3.8) is 0 Å². The molecule has 0 saturated heterocycles. The van der Waals surface area contributed by atoms with Crippen LogP contribution >= 0.6 is 11.8 Å². The SMILES string of the molecule is CCCSc1cnn(CC)c1N. The van der Waals surface area contributed by atoms with E-state index in [4.69, 9.17) is 5.73 Å². The molecular weight excluding hydrogens is 170 g/mol. The van der Waals surface area contributed by atoms with Gasteiger partial charge < -0.3 is 5.73 Å². The Hall–Kier alpha value is -0.640. The molecule has 4 heteroatoms. The van der Waals surface area contributed by atoms with E-state index in [1.807, 2.05) is 17.8 Å². The van der Waals surface area contributed by atoms with Crippen LogP contribution in [0, 0.1) is 0 Å². The summed E-state index contributed by atoms with van der Waals surface area (Å²) in [7, 11) is 0. The van der Waals surface area contributed by atoms with Gasteiger partial charge in [0.25, 0.3) is 0 Å². The van der Waals surface area contributed by atoms with Crippen LogP contribution in [0.5, 0.6) is 0 Å². The van der Waals surface area contributed by atoms with Gasteiger partial charge in [-0.25, -0.2) is 4.68 Å². The second kappa shape index (κ2) is 4.40. The third kappa shape index (κ3) is 1.94. The normalized spacial score (nSPS) is 10.5. The monoisotopic (exact) mass is 185 g/mol. The maximum absolute atomic E-state index is 5.83. The summed E-state index contributed by atoms with van der Waals surface area (Å²) in [6, 6.07) is 0. The molecule has 2 N–H and O–H groups in total. The van der Waals surface area contributed by atoms with Crippen LogP contribution in [0.2, 0.25) is 0 Å². The van der Waals surface area contributed by atoms with Gasteiger partial charge in [-0.3, -0.25) is 0 Å². The van der Waals surface area contributed by atoms with E-state index in [1.54, 1.807) is 11.8 Å². The number of hydrogen-bond acceptors (Lipinski definition) is 3. The molecular formula is C8H15N3S. The lowest BCUT2D eigenvalue weighted by Gasteiger charge is -2.00. The molecule has 0 fully saturated rings. The fourth-order valence-corrected chi connectivity index (χ4v) is 1.75. The Morgan fingerprint density at radius 2 is 2.33 bits per heavy atom. The summed E-state index contributed by atoms with van der Waals surface area (Å²) < 4.78 is 1.82. The van der Waals surface area contributed by atoms with Crippen molar-refractivity contribution >= 4 is 17.6 Å². The van der Waals surface area contributed by atoms with Crippen LogP contribution in [0.1, 0.15) is 20.3 Å². The Kier molecular flexibility index (Phi) is 3.47. The average molecular weight is 185 g/mol. The Morgan fingerprint density at radius 3 is 2.83 bits per heavy atom. The smallest absolute Gasteiger partial charge is 0.135 e. The fraction of sp³-hybridized carbons (Fsp3) is 0.625. The molecule has 0 aliphatic rings. The van der Waals surface area contributed by atoms with Crippen LogP contribution in [-0.4, -0.2) is 15.5 Å². The van der Waals surface area contributed by atoms with Crippen LogP contribution in [0.3, 0.4) is 0 Å². The maximum Gasteiger partial charge on any atom is 0.135 e. The molecule has 0 aromatic carbocycles. The molecule has 0 saturated carbocycles. The van der Waals surface area contributed by atoms with Gasteiger partial charge in [0.1, 0.15) is 5.82 Å². The molecule has 0 spiro atoms. The van der Waals surface area contributed by atoms with E-state index >= 15 is 0 Å². The van der Waals surface area contributed by atoms with Crippen molar-refractivity contribution in [3.8, 4) is 0 Å². The quantitative estimate of drug-likeness (QED) is 0.729. The molecule has 3 nitrogen and oxygen atoms in total. The van der Waals surface area contributed by atoms with Crippen LogP contribution < -0.4 is 5.73 Å². The van der Waals surface area contributed by atoms with Crippen LogP contribution in [0.4, 0.5) is 5.82 Å². The minimum absolute atomic E-state index is 0.802. The lowest BCUT2D eigenvalue weighted by atomic mass is 10.6. The number of rotatable bonds is 4. The number of hydrogen-bond donors (Lipinski definition) is 1. The molecule has 68 valence electrons. The topological polar surface area (TPSA) is 43.8 Å². The Labute approximate surface area is 77.3 Å². The third-order valence-corrected chi connectivity index (χ3v) is 2.84. The maximum atomic E-state index is 5.83. The first-order valence-electron chi connectivity index (χ1n) is 4.23. The van der Waals surface area contributed by atoms with Gasteiger partial charge in [-0.05, 0) is 19.1 Å². The number of aromatic nitrogens is 2. The zero-order chi connectivity index (χ0) is 8.97. The molecule has 1 aromatic heterocycles. The molecule has 0 amide bonds. The van der Waals surface area contributed by atoms with Gasteiger partial charge in [-0.1, -0.05) is 6.92 Å². The molecule has 0 radical (unpaired) electrons. The third-order valence-electron chi connectivity index (χ3n) is 1.61. The number of thioether (sulfide) groups is 1. The van der Waals surface area contributed by atoms with Gasteiger partial charge in [0.05, 0.1) is 11.1 Å². The molecule has 1 aromatic rings. The molecule has 0 unspecified atom stereocenters. The average Bonchev–Trinajstić information content (AvgIpc) is 2.43. The summed E-state index contributed by atoms with van der Waals surface area (Å²) in [5.41, 5.74) is 5.83.